The van der Waals surface area contributed by atoms with Crippen LogP contribution in [0.4, 0.5) is 0 Å². The molecule has 1 fully saturated rings. The fraction of sp³-hybridized carbons (Fsp3) is 0.333. The van der Waals surface area contributed by atoms with E-state index in [0.717, 1.165) is 13.0 Å². The van der Waals surface area contributed by atoms with Gasteiger partial charge in [0, 0.05) is 11.9 Å². The molecule has 1 N–H and O–H groups in total. The van der Waals surface area contributed by atoms with Gasteiger partial charge in [0.1, 0.15) is 0 Å². The van der Waals surface area contributed by atoms with Crippen LogP contribution in [-0.4, -0.2) is 26.6 Å². The van der Waals surface area contributed by atoms with Crippen molar-refractivity contribution in [1.82, 2.24) is 20.1 Å². The number of aromatic nitrogens is 3. The summed E-state index contributed by atoms with van der Waals surface area (Å²) >= 11 is 0. The molecule has 108 valence electrons. The Bertz CT molecular complexity index is 687. The van der Waals surface area contributed by atoms with Crippen LogP contribution in [0.1, 0.15) is 30.5 Å². The summed E-state index contributed by atoms with van der Waals surface area (Å²) in [6.45, 7) is 1.71. The molecule has 1 atom stereocenters. The fourth-order valence-corrected chi connectivity index (χ4v) is 2.91. The van der Waals surface area contributed by atoms with Crippen molar-refractivity contribution >= 4 is 0 Å². The molecule has 3 aromatic heterocycles. The molecule has 1 aliphatic heterocycles. The molecule has 1 aliphatic rings. The van der Waals surface area contributed by atoms with E-state index in [-0.39, 0.29) is 0 Å². The van der Waals surface area contributed by atoms with Gasteiger partial charge in [0.05, 0.1) is 18.8 Å². The number of rotatable bonds is 4. The Hall–Kier alpha value is -2.34. The number of hydrogen-bond donors (Lipinski definition) is 1. The van der Waals surface area contributed by atoms with Crippen LogP contribution in [0.2, 0.25) is 0 Å². The van der Waals surface area contributed by atoms with Gasteiger partial charge < -0.3 is 13.8 Å². The quantitative estimate of drug-likeness (QED) is 0.797. The molecule has 1 saturated heterocycles. The second kappa shape index (κ2) is 5.21. The summed E-state index contributed by atoms with van der Waals surface area (Å²) in [6, 6.07) is 8.19. The zero-order chi connectivity index (χ0) is 14.1. The predicted octanol–water partition coefficient (Wildman–Crippen LogP) is 2.99. The second-order valence-electron chi connectivity index (χ2n) is 5.23. The standard InChI is InChI=1S/C15H16N4O2/c1-4-11(16-7-1)12-5-2-8-19(12)10-14-17-18-15(21-14)13-6-3-9-20-13/h1,3-4,6-7,9,12,16H,2,5,8,10H2/t12-/m0/s1. The molecule has 0 amide bonds. The van der Waals surface area contributed by atoms with Crippen LogP contribution >= 0.6 is 0 Å². The lowest BCUT2D eigenvalue weighted by Crippen LogP contribution is -2.23. The Morgan fingerprint density at radius 2 is 2.29 bits per heavy atom. The van der Waals surface area contributed by atoms with Crippen LogP contribution in [0.3, 0.4) is 0 Å². The summed E-state index contributed by atoms with van der Waals surface area (Å²) in [4.78, 5) is 5.67. The molecule has 0 bridgehead atoms. The Balaban J connectivity index is 1.51. The van der Waals surface area contributed by atoms with Gasteiger partial charge in [0.25, 0.3) is 5.89 Å². The molecule has 3 aromatic rings. The molecule has 0 radical (unpaired) electrons. The average Bonchev–Trinajstić information content (AvgIpc) is 3.28. The van der Waals surface area contributed by atoms with Gasteiger partial charge >= 0.3 is 0 Å². The van der Waals surface area contributed by atoms with Crippen molar-refractivity contribution in [1.29, 1.82) is 0 Å². The van der Waals surface area contributed by atoms with Crippen molar-refractivity contribution < 1.29 is 8.83 Å². The lowest BCUT2D eigenvalue weighted by atomic mass is 10.1. The van der Waals surface area contributed by atoms with E-state index >= 15 is 0 Å². The highest BCUT2D eigenvalue weighted by atomic mass is 16.4. The molecule has 0 saturated carbocycles. The largest absolute Gasteiger partial charge is 0.459 e. The Kier molecular flexibility index (Phi) is 3.08. The predicted molar refractivity (Wildman–Crippen MR) is 75.2 cm³/mol. The van der Waals surface area contributed by atoms with E-state index in [1.54, 1.807) is 12.3 Å². The first-order valence-electron chi connectivity index (χ1n) is 7.14. The molecular weight excluding hydrogens is 268 g/mol. The van der Waals surface area contributed by atoms with Crippen LogP contribution in [0.25, 0.3) is 11.7 Å². The zero-order valence-corrected chi connectivity index (χ0v) is 11.5. The maximum Gasteiger partial charge on any atom is 0.283 e. The topological polar surface area (TPSA) is 71.1 Å². The maximum absolute atomic E-state index is 5.69. The number of nitrogens with zero attached hydrogens (tertiary/aromatic N) is 3. The van der Waals surface area contributed by atoms with Gasteiger partial charge in [-0.1, -0.05) is 0 Å². The number of hydrogen-bond acceptors (Lipinski definition) is 5. The van der Waals surface area contributed by atoms with Crippen molar-refractivity contribution in [3.05, 3.63) is 48.3 Å². The molecule has 0 spiro atoms. The third-order valence-corrected chi connectivity index (χ3v) is 3.88. The van der Waals surface area contributed by atoms with E-state index in [1.165, 1.54) is 12.1 Å². The second-order valence-corrected chi connectivity index (χ2v) is 5.23. The summed E-state index contributed by atoms with van der Waals surface area (Å²) in [5.74, 6) is 1.67. The zero-order valence-electron chi connectivity index (χ0n) is 11.5. The van der Waals surface area contributed by atoms with E-state index in [2.05, 4.69) is 26.1 Å². The highest BCUT2D eigenvalue weighted by Crippen LogP contribution is 2.32. The van der Waals surface area contributed by atoms with Gasteiger partial charge in [-0.25, -0.2) is 0 Å². The van der Waals surface area contributed by atoms with Crippen molar-refractivity contribution in [3.8, 4) is 11.7 Å². The summed E-state index contributed by atoms with van der Waals surface area (Å²) in [5.41, 5.74) is 1.25. The van der Waals surface area contributed by atoms with Crippen LogP contribution in [0, 0.1) is 0 Å². The minimum atomic E-state index is 0.402. The molecule has 4 rings (SSSR count). The minimum Gasteiger partial charge on any atom is -0.459 e. The van der Waals surface area contributed by atoms with Crippen molar-refractivity contribution in [2.45, 2.75) is 25.4 Å². The first-order chi connectivity index (χ1) is 10.4. The number of likely N-dealkylation sites (tertiary alicyclic amines) is 1. The highest BCUT2D eigenvalue weighted by molar-refractivity contribution is 5.42. The molecule has 0 aromatic carbocycles. The normalized spacial score (nSPS) is 19.3. The van der Waals surface area contributed by atoms with Gasteiger partial charge in [0.15, 0.2) is 5.76 Å². The van der Waals surface area contributed by atoms with Crippen LogP contribution in [0.5, 0.6) is 0 Å². The molecule has 0 unspecified atom stereocenters. The van der Waals surface area contributed by atoms with E-state index < -0.39 is 0 Å². The number of nitrogens with one attached hydrogen (secondary N) is 1. The van der Waals surface area contributed by atoms with Crippen LogP contribution in [-0.2, 0) is 6.54 Å². The van der Waals surface area contributed by atoms with Gasteiger partial charge in [-0.3, -0.25) is 4.90 Å². The summed E-state index contributed by atoms with van der Waals surface area (Å²) in [6.07, 6.45) is 5.90. The van der Waals surface area contributed by atoms with Gasteiger partial charge in [-0.15, -0.1) is 10.2 Å². The number of furan rings is 1. The molecule has 21 heavy (non-hydrogen) atoms. The van der Waals surface area contributed by atoms with Crippen molar-refractivity contribution in [2.24, 2.45) is 0 Å². The van der Waals surface area contributed by atoms with Crippen molar-refractivity contribution in [2.75, 3.05) is 6.54 Å². The first-order valence-corrected chi connectivity index (χ1v) is 7.14. The van der Waals surface area contributed by atoms with E-state index in [4.69, 9.17) is 8.83 Å². The number of aromatic amines is 1. The fourth-order valence-electron chi connectivity index (χ4n) is 2.91. The highest BCUT2D eigenvalue weighted by Gasteiger charge is 2.28. The third kappa shape index (κ3) is 2.38. The SMILES string of the molecule is c1c[nH]c([C@@H]2CCCN2Cc2nnc(-c3ccco3)o2)c1. The van der Waals surface area contributed by atoms with E-state index in [1.807, 2.05) is 18.3 Å². The van der Waals surface area contributed by atoms with Crippen molar-refractivity contribution in [3.63, 3.8) is 0 Å². The van der Waals surface area contributed by atoms with Gasteiger partial charge in [0.2, 0.25) is 5.89 Å². The van der Waals surface area contributed by atoms with Gasteiger partial charge in [-0.05, 0) is 43.7 Å². The number of H-pyrrole nitrogens is 1. The summed E-state index contributed by atoms with van der Waals surface area (Å²) in [5, 5.41) is 8.17. The maximum atomic E-state index is 5.69. The molecule has 0 aliphatic carbocycles. The van der Waals surface area contributed by atoms with Gasteiger partial charge in [-0.2, -0.15) is 0 Å². The summed E-state index contributed by atoms with van der Waals surface area (Å²) in [7, 11) is 0. The lowest BCUT2D eigenvalue weighted by molar-refractivity contribution is 0.221. The third-order valence-electron chi connectivity index (χ3n) is 3.88. The molecule has 6 heteroatoms. The summed E-state index contributed by atoms with van der Waals surface area (Å²) < 4.78 is 11.0. The monoisotopic (exact) mass is 284 g/mol. The first kappa shape index (κ1) is 12.4. The Morgan fingerprint density at radius 1 is 1.29 bits per heavy atom. The molecule has 6 nitrogen and oxygen atoms in total. The molecular formula is C15H16N4O2. The smallest absolute Gasteiger partial charge is 0.283 e. The van der Waals surface area contributed by atoms with E-state index in [0.29, 0.717) is 30.1 Å². The Morgan fingerprint density at radius 3 is 3.10 bits per heavy atom. The van der Waals surface area contributed by atoms with Crippen LogP contribution < -0.4 is 0 Å². The average molecular weight is 284 g/mol. The molecule has 4 heterocycles. The lowest BCUT2D eigenvalue weighted by Gasteiger charge is -2.21. The van der Waals surface area contributed by atoms with Crippen LogP contribution in [0.15, 0.2) is 45.6 Å². The Labute approximate surface area is 121 Å². The van der Waals surface area contributed by atoms with E-state index in [9.17, 15) is 0 Å². The minimum absolute atomic E-state index is 0.402.